The van der Waals surface area contributed by atoms with Gasteiger partial charge in [0.1, 0.15) is 16.7 Å². The van der Waals surface area contributed by atoms with Crippen molar-refractivity contribution in [3.8, 4) is 0 Å². The Morgan fingerprint density at radius 2 is 2.00 bits per heavy atom. The zero-order valence-electron chi connectivity index (χ0n) is 13.9. The first-order chi connectivity index (χ1) is 11.9. The molecule has 1 aromatic carbocycles. The molecule has 8 heteroatoms. The van der Waals surface area contributed by atoms with Gasteiger partial charge < -0.3 is 11.1 Å². The largest absolute Gasteiger partial charge is 0.404 e. The Balaban J connectivity index is 1.98. The lowest BCUT2D eigenvalue weighted by atomic mass is 10.2. The van der Waals surface area contributed by atoms with E-state index < -0.39 is 0 Å². The molecule has 0 amide bonds. The van der Waals surface area contributed by atoms with Crippen LogP contribution in [-0.2, 0) is 0 Å². The van der Waals surface area contributed by atoms with Crippen LogP contribution >= 0.6 is 34.8 Å². The lowest BCUT2D eigenvalue weighted by Gasteiger charge is -2.10. The van der Waals surface area contributed by atoms with E-state index in [4.69, 9.17) is 40.5 Å². The van der Waals surface area contributed by atoms with Crippen molar-refractivity contribution in [3.05, 3.63) is 56.6 Å². The molecule has 0 atom stereocenters. The molecule has 25 heavy (non-hydrogen) atoms. The normalized spacial score (nSPS) is 12.0. The van der Waals surface area contributed by atoms with Crippen LogP contribution in [0.2, 0.25) is 15.1 Å². The third-order valence-corrected chi connectivity index (χ3v) is 4.32. The number of hydrogen-bond donors (Lipinski definition) is 2. The Bertz CT molecular complexity index is 818. The van der Waals surface area contributed by atoms with E-state index in [-0.39, 0.29) is 0 Å². The average molecular weight is 399 g/mol. The Labute approximate surface area is 161 Å². The molecule has 5 nitrogen and oxygen atoms in total. The number of nitrogens with one attached hydrogen (secondary N) is 1. The summed E-state index contributed by atoms with van der Waals surface area (Å²) < 4.78 is 0. The maximum absolute atomic E-state index is 6.21. The fourth-order valence-corrected chi connectivity index (χ4v) is 2.68. The van der Waals surface area contributed by atoms with Crippen molar-refractivity contribution in [2.75, 3.05) is 11.9 Å². The van der Waals surface area contributed by atoms with Gasteiger partial charge in [-0.3, -0.25) is 4.99 Å². The number of rotatable bonds is 6. The van der Waals surface area contributed by atoms with Crippen LogP contribution in [-0.4, -0.2) is 22.7 Å². The van der Waals surface area contributed by atoms with Crippen LogP contribution in [0.4, 0.5) is 11.5 Å². The van der Waals surface area contributed by atoms with E-state index >= 15 is 0 Å². The Hall–Kier alpha value is -1.82. The summed E-state index contributed by atoms with van der Waals surface area (Å²) >= 11 is 18.2. The first-order valence-corrected chi connectivity index (χ1v) is 8.68. The Morgan fingerprint density at radius 3 is 2.68 bits per heavy atom. The smallest absolute Gasteiger partial charge is 0.148 e. The molecule has 0 unspecified atom stereocenters. The summed E-state index contributed by atoms with van der Waals surface area (Å²) in [5.74, 6) is 1.28. The molecule has 0 fully saturated rings. The monoisotopic (exact) mass is 397 g/mol. The quantitative estimate of drug-likeness (QED) is 0.664. The van der Waals surface area contributed by atoms with Crippen molar-refractivity contribution in [3.63, 3.8) is 0 Å². The number of aliphatic imine (C=N–C) groups is 1. The second-order valence-corrected chi connectivity index (χ2v) is 6.51. The van der Waals surface area contributed by atoms with Crippen LogP contribution in [0.3, 0.4) is 0 Å². The summed E-state index contributed by atoms with van der Waals surface area (Å²) in [6.07, 6.45) is 3.83. The number of aromatic nitrogens is 2. The zero-order chi connectivity index (χ0) is 18.4. The molecule has 0 saturated heterocycles. The third kappa shape index (κ3) is 5.59. The molecule has 0 spiro atoms. The molecule has 3 N–H and O–H groups in total. The highest BCUT2D eigenvalue weighted by molar-refractivity contribution is 6.36. The second kappa shape index (κ2) is 9.04. The fraction of sp³-hybridized carbons (Fsp3) is 0.235. The summed E-state index contributed by atoms with van der Waals surface area (Å²) in [6, 6.07) is 5.12. The van der Waals surface area contributed by atoms with E-state index in [1.165, 1.54) is 6.20 Å². The van der Waals surface area contributed by atoms with Crippen molar-refractivity contribution in [2.45, 2.75) is 20.3 Å². The van der Waals surface area contributed by atoms with Gasteiger partial charge in [0.05, 0.1) is 16.4 Å². The van der Waals surface area contributed by atoms with Crippen LogP contribution in [0.15, 0.2) is 35.0 Å². The zero-order valence-corrected chi connectivity index (χ0v) is 16.1. The van der Waals surface area contributed by atoms with E-state index in [0.29, 0.717) is 45.4 Å². The molecule has 0 saturated carbocycles. The first kappa shape index (κ1) is 19.5. The van der Waals surface area contributed by atoms with E-state index in [1.807, 2.05) is 13.8 Å². The maximum Gasteiger partial charge on any atom is 0.148 e. The Kier molecular flexibility index (Phi) is 7.05. The molecular weight excluding hydrogens is 381 g/mol. The van der Waals surface area contributed by atoms with Gasteiger partial charge >= 0.3 is 0 Å². The number of nitrogens with zero attached hydrogens (tertiary/aromatic N) is 3. The van der Waals surface area contributed by atoms with Gasteiger partial charge in [-0.1, -0.05) is 34.8 Å². The third-order valence-electron chi connectivity index (χ3n) is 3.33. The molecule has 0 aliphatic rings. The molecule has 132 valence electrons. The topological polar surface area (TPSA) is 76.2 Å². The molecule has 2 aromatic rings. The van der Waals surface area contributed by atoms with Crippen molar-refractivity contribution >= 4 is 52.5 Å². The molecule has 1 heterocycles. The lowest BCUT2D eigenvalue weighted by molar-refractivity contribution is 0.973. The number of benzene rings is 1. The van der Waals surface area contributed by atoms with Gasteiger partial charge in [0.2, 0.25) is 0 Å². The van der Waals surface area contributed by atoms with E-state index in [2.05, 4.69) is 20.3 Å². The number of hydrogen-bond acceptors (Lipinski definition) is 5. The predicted molar refractivity (Wildman–Crippen MR) is 107 cm³/mol. The predicted octanol–water partition coefficient (Wildman–Crippen LogP) is 5.10. The van der Waals surface area contributed by atoms with Crippen molar-refractivity contribution in [2.24, 2.45) is 10.7 Å². The molecule has 0 bridgehead atoms. The standard InChI is InChI=1S/C17H18Cl3N5/c1-10-16(20)17(25-11(2)24-10)22-6-5-12(8-21)9-23-15-4-3-13(18)7-14(15)19/h3-4,7-9H,5-6,21H2,1-2H3,(H,22,24,25). The number of halogens is 3. The molecule has 0 aliphatic heterocycles. The van der Waals surface area contributed by atoms with Crippen molar-refractivity contribution in [1.82, 2.24) is 9.97 Å². The van der Waals surface area contributed by atoms with E-state index in [0.717, 1.165) is 11.3 Å². The van der Waals surface area contributed by atoms with Gasteiger partial charge in [-0.05, 0) is 50.2 Å². The molecule has 0 aliphatic carbocycles. The Morgan fingerprint density at radius 1 is 1.24 bits per heavy atom. The van der Waals surface area contributed by atoms with Crippen LogP contribution < -0.4 is 11.1 Å². The summed E-state index contributed by atoms with van der Waals surface area (Å²) in [6.45, 7) is 4.26. The molecule has 0 radical (unpaired) electrons. The van der Waals surface area contributed by atoms with Crippen LogP contribution in [0.1, 0.15) is 17.9 Å². The van der Waals surface area contributed by atoms with Gasteiger partial charge in [0.25, 0.3) is 0 Å². The maximum atomic E-state index is 6.21. The molecule has 2 rings (SSSR count). The van der Waals surface area contributed by atoms with Gasteiger partial charge in [0, 0.05) is 17.8 Å². The number of anilines is 1. The van der Waals surface area contributed by atoms with Crippen molar-refractivity contribution < 1.29 is 0 Å². The van der Waals surface area contributed by atoms with Gasteiger partial charge in [-0.25, -0.2) is 9.97 Å². The van der Waals surface area contributed by atoms with E-state index in [1.54, 1.807) is 24.4 Å². The van der Waals surface area contributed by atoms with Crippen molar-refractivity contribution in [1.29, 1.82) is 0 Å². The second-order valence-electron chi connectivity index (χ2n) is 5.29. The first-order valence-electron chi connectivity index (χ1n) is 7.55. The summed E-state index contributed by atoms with van der Waals surface area (Å²) in [5.41, 5.74) is 7.88. The average Bonchev–Trinajstić information content (AvgIpc) is 2.56. The van der Waals surface area contributed by atoms with Gasteiger partial charge in [-0.15, -0.1) is 0 Å². The summed E-state index contributed by atoms with van der Waals surface area (Å²) in [5, 5.41) is 4.76. The fourth-order valence-electron chi connectivity index (χ4n) is 2.07. The van der Waals surface area contributed by atoms with E-state index in [9.17, 15) is 0 Å². The van der Waals surface area contributed by atoms with Crippen LogP contribution in [0.5, 0.6) is 0 Å². The number of nitrogens with two attached hydrogens (primary N) is 1. The highest BCUT2D eigenvalue weighted by Gasteiger charge is 2.07. The minimum atomic E-state index is 0.483. The highest BCUT2D eigenvalue weighted by Crippen LogP contribution is 2.27. The minimum absolute atomic E-state index is 0.483. The number of aryl methyl sites for hydroxylation is 2. The summed E-state index contributed by atoms with van der Waals surface area (Å²) in [7, 11) is 0. The minimum Gasteiger partial charge on any atom is -0.404 e. The summed E-state index contributed by atoms with van der Waals surface area (Å²) in [4.78, 5) is 12.9. The molecular formula is C17H18Cl3N5. The SMILES string of the molecule is Cc1nc(C)c(Cl)c(NCCC(C=Nc2ccc(Cl)cc2Cl)=CN)n1. The highest BCUT2D eigenvalue weighted by atomic mass is 35.5. The van der Waals surface area contributed by atoms with Gasteiger partial charge in [0.15, 0.2) is 0 Å². The van der Waals surface area contributed by atoms with Gasteiger partial charge in [-0.2, -0.15) is 0 Å². The lowest BCUT2D eigenvalue weighted by Crippen LogP contribution is -2.08. The van der Waals surface area contributed by atoms with Crippen LogP contribution in [0.25, 0.3) is 0 Å². The van der Waals surface area contributed by atoms with Crippen LogP contribution in [0, 0.1) is 13.8 Å². The molecule has 1 aromatic heterocycles.